The summed E-state index contributed by atoms with van der Waals surface area (Å²) in [4.78, 5) is 0. The van der Waals surface area contributed by atoms with Crippen molar-refractivity contribution in [3.05, 3.63) is 27.3 Å². The van der Waals surface area contributed by atoms with Gasteiger partial charge in [-0.25, -0.2) is 8.78 Å². The Labute approximate surface area is 76.9 Å². The molecule has 0 spiro atoms. The van der Waals surface area contributed by atoms with Gasteiger partial charge < -0.3 is 5.32 Å². The van der Waals surface area contributed by atoms with Gasteiger partial charge in [0.2, 0.25) is 0 Å². The zero-order valence-electron chi connectivity index (χ0n) is 5.79. The van der Waals surface area contributed by atoms with E-state index in [1.165, 1.54) is 19.2 Å². The Morgan fingerprint density at radius 3 is 2.09 bits per heavy atom. The topological polar surface area (TPSA) is 12.0 Å². The minimum Gasteiger partial charge on any atom is -0.383 e. The van der Waals surface area contributed by atoms with Gasteiger partial charge in [0.25, 0.3) is 0 Å². The maximum atomic E-state index is 12.8. The van der Waals surface area contributed by atoms with E-state index in [4.69, 9.17) is 0 Å². The first-order valence-electron chi connectivity index (χ1n) is 2.97. The Morgan fingerprint density at radius 2 is 1.73 bits per heavy atom. The van der Waals surface area contributed by atoms with Crippen LogP contribution in [0, 0.1) is 15.2 Å². The number of hydrogen-bond donors (Lipinski definition) is 1. The van der Waals surface area contributed by atoms with Gasteiger partial charge in [0.05, 0.1) is 0 Å². The minimum atomic E-state index is -0.558. The van der Waals surface area contributed by atoms with Gasteiger partial charge in [0.1, 0.15) is 17.3 Å². The molecule has 0 bridgehead atoms. The lowest BCUT2D eigenvalue weighted by Gasteiger charge is -2.03. The molecule has 0 aromatic heterocycles. The Kier molecular flexibility index (Phi) is 2.64. The van der Waals surface area contributed by atoms with Crippen molar-refractivity contribution in [2.45, 2.75) is 0 Å². The van der Waals surface area contributed by atoms with Crippen molar-refractivity contribution >= 4 is 28.3 Å². The summed E-state index contributed by atoms with van der Waals surface area (Å²) in [6.45, 7) is 0. The van der Waals surface area contributed by atoms with Crippen LogP contribution < -0.4 is 5.32 Å². The molecule has 1 nitrogen and oxygen atoms in total. The average molecular weight is 269 g/mol. The van der Waals surface area contributed by atoms with Gasteiger partial charge >= 0.3 is 0 Å². The molecule has 4 heteroatoms. The lowest BCUT2D eigenvalue weighted by atomic mass is 10.3. The minimum absolute atomic E-state index is 0.0783. The van der Waals surface area contributed by atoms with Crippen LogP contribution in [0.1, 0.15) is 0 Å². The average Bonchev–Trinajstić information content (AvgIpc) is 1.85. The second kappa shape index (κ2) is 3.34. The van der Waals surface area contributed by atoms with Crippen molar-refractivity contribution in [1.82, 2.24) is 0 Å². The first-order chi connectivity index (χ1) is 5.15. The highest BCUT2D eigenvalue weighted by atomic mass is 127. The summed E-state index contributed by atoms with van der Waals surface area (Å²) in [5.74, 6) is -1.12. The highest BCUT2D eigenvalue weighted by molar-refractivity contribution is 14.1. The van der Waals surface area contributed by atoms with Crippen LogP contribution in [0.4, 0.5) is 14.5 Å². The number of benzene rings is 1. The van der Waals surface area contributed by atoms with Crippen molar-refractivity contribution in [2.24, 2.45) is 0 Å². The molecule has 0 unspecified atom stereocenters. The molecule has 1 N–H and O–H groups in total. The fourth-order valence-corrected chi connectivity index (χ4v) is 1.33. The molecule has 1 rings (SSSR count). The number of hydrogen-bond acceptors (Lipinski definition) is 1. The predicted octanol–water partition coefficient (Wildman–Crippen LogP) is 2.61. The molecule has 0 aliphatic rings. The van der Waals surface area contributed by atoms with Crippen LogP contribution in [0.3, 0.4) is 0 Å². The Morgan fingerprint density at radius 1 is 1.27 bits per heavy atom. The molecule has 0 radical (unpaired) electrons. The third-order valence-corrected chi connectivity index (χ3v) is 1.88. The number of rotatable bonds is 1. The number of anilines is 1. The monoisotopic (exact) mass is 269 g/mol. The Bertz CT molecular complexity index is 252. The van der Waals surface area contributed by atoms with E-state index in [2.05, 4.69) is 5.32 Å². The molecule has 0 aliphatic heterocycles. The van der Waals surface area contributed by atoms with Crippen molar-refractivity contribution in [3.8, 4) is 0 Å². The molecular formula is C7H6F2IN. The molecule has 0 saturated carbocycles. The highest BCUT2D eigenvalue weighted by Crippen LogP contribution is 2.20. The van der Waals surface area contributed by atoms with Crippen molar-refractivity contribution < 1.29 is 8.78 Å². The summed E-state index contributed by atoms with van der Waals surface area (Å²) in [5, 5.41) is 2.44. The van der Waals surface area contributed by atoms with Crippen LogP contribution in [0.25, 0.3) is 0 Å². The summed E-state index contributed by atoms with van der Waals surface area (Å²) in [5.41, 5.74) is -0.0783. The Balaban J connectivity index is 3.25. The molecule has 0 fully saturated rings. The predicted molar refractivity (Wildman–Crippen MR) is 48.6 cm³/mol. The molecule has 11 heavy (non-hydrogen) atoms. The number of halogens is 3. The molecule has 1 aromatic carbocycles. The van der Waals surface area contributed by atoms with Gasteiger partial charge in [-0.15, -0.1) is 0 Å². The zero-order valence-corrected chi connectivity index (χ0v) is 7.95. The quantitative estimate of drug-likeness (QED) is 0.773. The van der Waals surface area contributed by atoms with Crippen molar-refractivity contribution in [2.75, 3.05) is 12.4 Å². The molecule has 0 aliphatic carbocycles. The van der Waals surface area contributed by atoms with Crippen LogP contribution in [0.2, 0.25) is 0 Å². The SMILES string of the molecule is CNc1c(F)cc(I)cc1F. The molecule has 0 atom stereocenters. The maximum absolute atomic E-state index is 12.8. The first-order valence-corrected chi connectivity index (χ1v) is 4.05. The molecule has 0 heterocycles. The lowest BCUT2D eigenvalue weighted by molar-refractivity contribution is 0.588. The van der Waals surface area contributed by atoms with Crippen LogP contribution in [0.5, 0.6) is 0 Å². The number of nitrogens with one attached hydrogen (secondary N) is 1. The zero-order chi connectivity index (χ0) is 8.43. The van der Waals surface area contributed by atoms with Gasteiger partial charge in [-0.3, -0.25) is 0 Å². The molecule has 0 amide bonds. The highest BCUT2D eigenvalue weighted by Gasteiger charge is 2.07. The largest absolute Gasteiger partial charge is 0.383 e. The van der Waals surface area contributed by atoms with Crippen LogP contribution in [-0.4, -0.2) is 7.05 Å². The van der Waals surface area contributed by atoms with E-state index < -0.39 is 11.6 Å². The van der Waals surface area contributed by atoms with E-state index in [1.54, 1.807) is 0 Å². The van der Waals surface area contributed by atoms with Crippen LogP contribution in [-0.2, 0) is 0 Å². The van der Waals surface area contributed by atoms with Crippen molar-refractivity contribution in [3.63, 3.8) is 0 Å². The van der Waals surface area contributed by atoms with E-state index in [9.17, 15) is 8.78 Å². The van der Waals surface area contributed by atoms with Gasteiger partial charge in [-0.05, 0) is 34.7 Å². The second-order valence-electron chi connectivity index (χ2n) is 1.99. The molecule has 0 saturated heterocycles. The second-order valence-corrected chi connectivity index (χ2v) is 3.24. The third kappa shape index (κ3) is 1.79. The lowest BCUT2D eigenvalue weighted by Crippen LogP contribution is -1.96. The van der Waals surface area contributed by atoms with Crippen molar-refractivity contribution in [1.29, 1.82) is 0 Å². The Hall–Kier alpha value is -0.390. The van der Waals surface area contributed by atoms with Gasteiger partial charge in [-0.2, -0.15) is 0 Å². The standard InChI is InChI=1S/C7H6F2IN/c1-11-7-5(8)2-4(10)3-6(7)9/h2-3,11H,1H3. The molecule has 60 valence electrons. The summed E-state index contributed by atoms with van der Waals surface area (Å²) in [7, 11) is 1.48. The maximum Gasteiger partial charge on any atom is 0.150 e. The van der Waals surface area contributed by atoms with Gasteiger partial charge in [-0.1, -0.05) is 0 Å². The summed E-state index contributed by atoms with van der Waals surface area (Å²) in [6.07, 6.45) is 0. The van der Waals surface area contributed by atoms with E-state index in [1.807, 2.05) is 22.6 Å². The van der Waals surface area contributed by atoms with E-state index in [0.29, 0.717) is 3.57 Å². The first kappa shape index (κ1) is 8.70. The van der Waals surface area contributed by atoms with Crippen LogP contribution in [0.15, 0.2) is 12.1 Å². The summed E-state index contributed by atoms with van der Waals surface area (Å²) >= 11 is 1.86. The van der Waals surface area contributed by atoms with Gasteiger partial charge in [0.15, 0.2) is 0 Å². The molecular weight excluding hydrogens is 263 g/mol. The van der Waals surface area contributed by atoms with E-state index in [0.717, 1.165) is 0 Å². The van der Waals surface area contributed by atoms with Gasteiger partial charge in [0, 0.05) is 10.6 Å². The van der Waals surface area contributed by atoms with E-state index >= 15 is 0 Å². The fraction of sp³-hybridized carbons (Fsp3) is 0.143. The molecule has 1 aromatic rings. The fourth-order valence-electron chi connectivity index (χ4n) is 0.781. The normalized spacial score (nSPS) is 9.82. The smallest absolute Gasteiger partial charge is 0.150 e. The summed E-state index contributed by atoms with van der Waals surface area (Å²) in [6, 6.07) is 2.55. The third-order valence-electron chi connectivity index (χ3n) is 1.26. The van der Waals surface area contributed by atoms with E-state index in [-0.39, 0.29) is 5.69 Å². The van der Waals surface area contributed by atoms with Crippen LogP contribution >= 0.6 is 22.6 Å². The summed E-state index contributed by atoms with van der Waals surface area (Å²) < 4.78 is 26.2.